The van der Waals surface area contributed by atoms with Crippen LogP contribution in [0.1, 0.15) is 42.1 Å². The van der Waals surface area contributed by atoms with Crippen molar-refractivity contribution in [2.75, 3.05) is 0 Å². The quantitative estimate of drug-likeness (QED) is 0.596. The van der Waals surface area contributed by atoms with Crippen LogP contribution in [0.2, 0.25) is 0 Å². The molecule has 0 aliphatic carbocycles. The van der Waals surface area contributed by atoms with E-state index < -0.39 is 11.0 Å². The summed E-state index contributed by atoms with van der Waals surface area (Å²) in [6, 6.07) is 9.00. The lowest BCUT2D eigenvalue weighted by Gasteiger charge is -2.20. The molecule has 0 N–H and O–H groups in total. The van der Waals surface area contributed by atoms with Crippen molar-refractivity contribution in [1.82, 2.24) is 0 Å². The fourth-order valence-corrected chi connectivity index (χ4v) is 2.67. The average molecular weight is 311 g/mol. The Morgan fingerprint density at radius 2 is 2.17 bits per heavy atom. The number of nitrogens with zero attached hydrogens (tertiary/aromatic N) is 1. The normalized spacial score (nSPS) is 16.2. The lowest BCUT2D eigenvalue weighted by atomic mass is 10.0. The SMILES string of the molecule is C=Cc1cc(C2Oc3ccccc3C=C2[N+](=O)[O-])oc1CCC. The van der Waals surface area contributed by atoms with Crippen molar-refractivity contribution < 1.29 is 14.1 Å². The number of para-hydroxylation sites is 1. The van der Waals surface area contributed by atoms with Gasteiger partial charge in [0.25, 0.3) is 5.70 Å². The van der Waals surface area contributed by atoms with Crippen LogP contribution in [0.25, 0.3) is 12.2 Å². The molecule has 0 spiro atoms. The second kappa shape index (κ2) is 6.12. The molecule has 1 aromatic carbocycles. The van der Waals surface area contributed by atoms with Crippen LogP contribution in [-0.2, 0) is 6.42 Å². The molecule has 1 aliphatic heterocycles. The summed E-state index contributed by atoms with van der Waals surface area (Å²) < 4.78 is 11.7. The van der Waals surface area contributed by atoms with Crippen molar-refractivity contribution in [3.05, 3.63) is 75.4 Å². The second-order valence-electron chi connectivity index (χ2n) is 5.34. The third-order valence-electron chi connectivity index (χ3n) is 3.76. The Labute approximate surface area is 134 Å². The minimum Gasteiger partial charge on any atom is -0.470 e. The zero-order valence-corrected chi connectivity index (χ0v) is 12.8. The molecular formula is C18H17NO4. The summed E-state index contributed by atoms with van der Waals surface area (Å²) in [5, 5.41) is 11.4. The topological polar surface area (TPSA) is 65.5 Å². The molecule has 1 unspecified atom stereocenters. The highest BCUT2D eigenvalue weighted by molar-refractivity contribution is 5.62. The first-order chi connectivity index (χ1) is 11.1. The number of nitro groups is 1. The van der Waals surface area contributed by atoms with Crippen molar-refractivity contribution in [3.8, 4) is 5.75 Å². The molecule has 1 aliphatic rings. The number of furan rings is 1. The molecule has 1 aromatic heterocycles. The van der Waals surface area contributed by atoms with Crippen LogP contribution in [0.15, 0.2) is 47.0 Å². The molecule has 2 aromatic rings. The summed E-state index contributed by atoms with van der Waals surface area (Å²) >= 11 is 0. The Balaban J connectivity index is 2.05. The summed E-state index contributed by atoms with van der Waals surface area (Å²) in [5.74, 6) is 1.82. The molecule has 0 radical (unpaired) electrons. The van der Waals surface area contributed by atoms with E-state index in [9.17, 15) is 10.1 Å². The highest BCUT2D eigenvalue weighted by atomic mass is 16.6. The Hall–Kier alpha value is -2.82. The molecule has 23 heavy (non-hydrogen) atoms. The maximum absolute atomic E-state index is 11.4. The van der Waals surface area contributed by atoms with Gasteiger partial charge in [0, 0.05) is 23.6 Å². The first kappa shape index (κ1) is 15.1. The van der Waals surface area contributed by atoms with Gasteiger partial charge in [0.15, 0.2) is 5.76 Å². The Morgan fingerprint density at radius 1 is 1.39 bits per heavy atom. The molecule has 118 valence electrons. The second-order valence-corrected chi connectivity index (χ2v) is 5.34. The minimum absolute atomic E-state index is 0.0314. The van der Waals surface area contributed by atoms with E-state index in [2.05, 4.69) is 6.58 Å². The van der Waals surface area contributed by atoms with Gasteiger partial charge in [0.2, 0.25) is 6.10 Å². The van der Waals surface area contributed by atoms with Gasteiger partial charge in [-0.3, -0.25) is 10.1 Å². The molecule has 0 saturated heterocycles. The molecular weight excluding hydrogens is 294 g/mol. The highest BCUT2D eigenvalue weighted by Gasteiger charge is 2.36. The standard InChI is InChI=1S/C18H17NO4/c1-3-7-15-12(4-2)11-17(22-15)18-14(19(20)21)10-13-8-5-6-9-16(13)23-18/h4-6,8-11,18H,2-3,7H2,1H3. The molecule has 0 amide bonds. The molecule has 5 heteroatoms. The van der Waals surface area contributed by atoms with Crippen LogP contribution in [-0.4, -0.2) is 4.92 Å². The van der Waals surface area contributed by atoms with Gasteiger partial charge in [-0.2, -0.15) is 0 Å². The molecule has 5 nitrogen and oxygen atoms in total. The lowest BCUT2D eigenvalue weighted by molar-refractivity contribution is -0.435. The number of aryl methyl sites for hydroxylation is 1. The van der Waals surface area contributed by atoms with Gasteiger partial charge in [-0.25, -0.2) is 0 Å². The molecule has 3 rings (SSSR count). The van der Waals surface area contributed by atoms with E-state index in [1.54, 1.807) is 30.4 Å². The van der Waals surface area contributed by atoms with Gasteiger partial charge in [-0.15, -0.1) is 0 Å². The molecule has 0 bridgehead atoms. The minimum atomic E-state index is -0.857. The molecule has 2 heterocycles. The summed E-state index contributed by atoms with van der Waals surface area (Å²) in [6.07, 6.45) is 4.05. The van der Waals surface area contributed by atoms with Crippen molar-refractivity contribution >= 4 is 12.2 Å². The summed E-state index contributed by atoms with van der Waals surface area (Å²) in [4.78, 5) is 11.0. The number of hydrogen-bond acceptors (Lipinski definition) is 4. The molecule has 0 fully saturated rings. The van der Waals surface area contributed by atoms with Crippen molar-refractivity contribution in [2.45, 2.75) is 25.9 Å². The number of fused-ring (bicyclic) bond motifs is 1. The smallest absolute Gasteiger partial charge is 0.295 e. The van der Waals surface area contributed by atoms with Gasteiger partial charge in [0.1, 0.15) is 11.5 Å². The van der Waals surface area contributed by atoms with E-state index in [4.69, 9.17) is 9.15 Å². The number of rotatable bonds is 5. The van der Waals surface area contributed by atoms with Gasteiger partial charge in [0.05, 0.1) is 4.92 Å². The van der Waals surface area contributed by atoms with Crippen LogP contribution in [0.4, 0.5) is 0 Å². The van der Waals surface area contributed by atoms with E-state index in [0.29, 0.717) is 17.1 Å². The van der Waals surface area contributed by atoms with Gasteiger partial charge >= 0.3 is 0 Å². The largest absolute Gasteiger partial charge is 0.470 e. The number of ether oxygens (including phenoxy) is 1. The Kier molecular flexibility index (Phi) is 4.02. The molecule has 1 atom stereocenters. The fourth-order valence-electron chi connectivity index (χ4n) is 2.67. The van der Waals surface area contributed by atoms with Crippen LogP contribution >= 0.6 is 0 Å². The van der Waals surface area contributed by atoms with Crippen LogP contribution in [0.5, 0.6) is 5.75 Å². The summed E-state index contributed by atoms with van der Waals surface area (Å²) in [5.41, 5.74) is 1.52. The third kappa shape index (κ3) is 2.77. The van der Waals surface area contributed by atoms with Crippen molar-refractivity contribution in [2.24, 2.45) is 0 Å². The number of hydrogen-bond donors (Lipinski definition) is 0. The molecule has 0 saturated carbocycles. The van der Waals surface area contributed by atoms with E-state index in [1.165, 1.54) is 0 Å². The van der Waals surface area contributed by atoms with E-state index in [0.717, 1.165) is 24.2 Å². The predicted molar refractivity (Wildman–Crippen MR) is 87.6 cm³/mol. The van der Waals surface area contributed by atoms with Crippen molar-refractivity contribution in [1.29, 1.82) is 0 Å². The van der Waals surface area contributed by atoms with Crippen molar-refractivity contribution in [3.63, 3.8) is 0 Å². The monoisotopic (exact) mass is 311 g/mol. The first-order valence-corrected chi connectivity index (χ1v) is 7.50. The van der Waals surface area contributed by atoms with Crippen LogP contribution < -0.4 is 4.74 Å². The fraction of sp³-hybridized carbons (Fsp3) is 0.222. The lowest BCUT2D eigenvalue weighted by Crippen LogP contribution is -2.19. The van der Waals surface area contributed by atoms with Gasteiger partial charge in [-0.05, 0) is 18.6 Å². The van der Waals surface area contributed by atoms with Gasteiger partial charge in [-0.1, -0.05) is 37.8 Å². The zero-order chi connectivity index (χ0) is 16.4. The van der Waals surface area contributed by atoms with Crippen LogP contribution in [0.3, 0.4) is 0 Å². The maximum atomic E-state index is 11.4. The van der Waals surface area contributed by atoms with Crippen LogP contribution in [0, 0.1) is 10.1 Å². The van der Waals surface area contributed by atoms with Gasteiger partial charge < -0.3 is 9.15 Å². The predicted octanol–water partition coefficient (Wildman–Crippen LogP) is 4.63. The Morgan fingerprint density at radius 3 is 2.87 bits per heavy atom. The third-order valence-corrected chi connectivity index (χ3v) is 3.76. The van der Waals surface area contributed by atoms with E-state index in [-0.39, 0.29) is 5.70 Å². The van der Waals surface area contributed by atoms with E-state index in [1.807, 2.05) is 19.1 Å². The average Bonchev–Trinajstić information content (AvgIpc) is 2.97. The highest BCUT2D eigenvalue weighted by Crippen LogP contribution is 2.38. The first-order valence-electron chi connectivity index (χ1n) is 7.50. The summed E-state index contributed by atoms with van der Waals surface area (Å²) in [6.45, 7) is 5.82. The Bertz CT molecular complexity index is 788. The zero-order valence-electron chi connectivity index (χ0n) is 12.8. The van der Waals surface area contributed by atoms with E-state index >= 15 is 0 Å². The maximum Gasteiger partial charge on any atom is 0.295 e. The summed E-state index contributed by atoms with van der Waals surface area (Å²) in [7, 11) is 0. The number of benzene rings is 1.